The van der Waals surface area contributed by atoms with Gasteiger partial charge in [0, 0.05) is 25.1 Å². The number of thiocarbonyl (C=S) groups is 1. The number of rotatable bonds is 7. The van der Waals surface area contributed by atoms with Gasteiger partial charge in [-0.2, -0.15) is 0 Å². The second kappa shape index (κ2) is 9.34. The van der Waals surface area contributed by atoms with E-state index < -0.39 is 5.97 Å². The van der Waals surface area contributed by atoms with Crippen molar-refractivity contribution in [3.05, 3.63) is 11.6 Å². The zero-order valence-electron chi connectivity index (χ0n) is 10.9. The fourth-order valence-corrected chi connectivity index (χ4v) is 1.94. The first-order chi connectivity index (χ1) is 9.61. The molecule has 0 aliphatic heterocycles. The number of nitrogens with one attached hydrogen (secondary N) is 2. The maximum absolute atomic E-state index is 11.5. The van der Waals surface area contributed by atoms with Gasteiger partial charge >= 0.3 is 5.97 Å². The van der Waals surface area contributed by atoms with E-state index in [2.05, 4.69) is 15.6 Å². The van der Waals surface area contributed by atoms with Crippen LogP contribution in [0.3, 0.4) is 0 Å². The van der Waals surface area contributed by atoms with Gasteiger partial charge < -0.3 is 20.1 Å². The van der Waals surface area contributed by atoms with Gasteiger partial charge in [-0.3, -0.25) is 9.59 Å². The fourth-order valence-electron chi connectivity index (χ4n) is 1.13. The largest absolute Gasteiger partial charge is 0.463 e. The van der Waals surface area contributed by atoms with Crippen molar-refractivity contribution in [3.8, 4) is 0 Å². The van der Waals surface area contributed by atoms with Gasteiger partial charge in [-0.15, -0.1) is 11.3 Å². The molecule has 0 radical (unpaired) electrons. The Hall–Kier alpha value is -1.58. The summed E-state index contributed by atoms with van der Waals surface area (Å²) in [6, 6.07) is 0. The van der Waals surface area contributed by atoms with Crippen molar-refractivity contribution in [2.24, 2.45) is 0 Å². The highest BCUT2D eigenvalue weighted by molar-refractivity contribution is 7.80. The molecule has 1 aromatic rings. The summed E-state index contributed by atoms with van der Waals surface area (Å²) in [5, 5.41) is 7.74. The Kier molecular flexibility index (Phi) is 7.70. The van der Waals surface area contributed by atoms with Gasteiger partial charge in [0.25, 0.3) is 0 Å². The molecular formula is C11H15N3O4S2. The molecule has 20 heavy (non-hydrogen) atoms. The summed E-state index contributed by atoms with van der Waals surface area (Å²) in [6.45, 7) is 0.515. The third kappa shape index (κ3) is 7.12. The van der Waals surface area contributed by atoms with E-state index in [0.29, 0.717) is 11.7 Å². The molecule has 9 heteroatoms. The van der Waals surface area contributed by atoms with E-state index in [4.69, 9.17) is 21.7 Å². The zero-order valence-corrected chi connectivity index (χ0v) is 12.5. The number of ether oxygens (including phenoxy) is 2. The van der Waals surface area contributed by atoms with Crippen LogP contribution in [0.25, 0.3) is 0 Å². The van der Waals surface area contributed by atoms with Crippen LogP contribution in [-0.2, 0) is 19.1 Å². The molecule has 7 nitrogen and oxygen atoms in total. The molecule has 1 heterocycles. The van der Waals surface area contributed by atoms with Gasteiger partial charge in [0.15, 0.2) is 10.2 Å². The van der Waals surface area contributed by atoms with E-state index in [0.717, 1.165) is 0 Å². The number of amides is 1. The average molecular weight is 317 g/mol. The highest BCUT2D eigenvalue weighted by atomic mass is 32.1. The molecular weight excluding hydrogens is 302 g/mol. The summed E-state index contributed by atoms with van der Waals surface area (Å²) in [7, 11) is 1.51. The summed E-state index contributed by atoms with van der Waals surface area (Å²) in [5.74, 6) is -0.807. The predicted octanol–water partition coefficient (Wildman–Crippen LogP) is 0.926. The van der Waals surface area contributed by atoms with Crippen LogP contribution in [0.2, 0.25) is 0 Å². The van der Waals surface area contributed by atoms with Gasteiger partial charge in [-0.05, 0) is 12.2 Å². The third-order valence-electron chi connectivity index (χ3n) is 2.01. The summed E-state index contributed by atoms with van der Waals surface area (Å²) in [6.07, 6.45) is 1.62. The second-order valence-corrected chi connectivity index (χ2v) is 4.86. The van der Waals surface area contributed by atoms with Gasteiger partial charge in [-0.1, -0.05) is 0 Å². The van der Waals surface area contributed by atoms with Crippen LogP contribution in [0.15, 0.2) is 11.6 Å². The molecule has 1 rings (SSSR count). The van der Waals surface area contributed by atoms with Crippen molar-refractivity contribution < 1.29 is 19.1 Å². The number of esters is 1. The van der Waals surface area contributed by atoms with E-state index >= 15 is 0 Å². The Morgan fingerprint density at radius 2 is 2.20 bits per heavy atom. The van der Waals surface area contributed by atoms with E-state index in [-0.39, 0.29) is 30.5 Å². The van der Waals surface area contributed by atoms with Crippen LogP contribution in [-0.4, -0.2) is 42.3 Å². The molecule has 0 aliphatic carbocycles. The van der Waals surface area contributed by atoms with Crippen molar-refractivity contribution >= 4 is 45.7 Å². The molecule has 0 spiro atoms. The van der Waals surface area contributed by atoms with Crippen molar-refractivity contribution in [1.82, 2.24) is 10.3 Å². The summed E-state index contributed by atoms with van der Waals surface area (Å²) < 4.78 is 9.56. The van der Waals surface area contributed by atoms with Crippen molar-refractivity contribution in [1.29, 1.82) is 0 Å². The molecule has 2 N–H and O–H groups in total. The van der Waals surface area contributed by atoms with E-state index in [9.17, 15) is 9.59 Å². The molecule has 110 valence electrons. The Bertz CT molecular complexity index is 451. The van der Waals surface area contributed by atoms with Crippen LogP contribution in [0.4, 0.5) is 5.13 Å². The molecule has 0 aliphatic rings. The molecule has 0 fully saturated rings. The summed E-state index contributed by atoms with van der Waals surface area (Å²) >= 11 is 6.30. The number of carbonyl (C=O) groups excluding carboxylic acids is 2. The van der Waals surface area contributed by atoms with E-state index in [1.54, 1.807) is 11.6 Å². The maximum atomic E-state index is 11.5. The van der Waals surface area contributed by atoms with Crippen LogP contribution in [0, 0.1) is 0 Å². The van der Waals surface area contributed by atoms with Crippen LogP contribution >= 0.6 is 23.6 Å². The molecule has 0 atom stereocenters. The molecule has 0 saturated carbocycles. The Morgan fingerprint density at radius 1 is 1.40 bits per heavy atom. The van der Waals surface area contributed by atoms with Crippen LogP contribution in [0.1, 0.15) is 12.8 Å². The standard InChI is InChI=1S/C11H15N3O4S2/c1-17-5-6-18-9(16)3-2-8(15)13-10(19)14-11-12-4-7-20-11/h4,7H,2-3,5-6H2,1H3,(H2,12,13,14,15,19). The second-order valence-electron chi connectivity index (χ2n) is 3.55. The maximum Gasteiger partial charge on any atom is 0.306 e. The molecule has 0 unspecified atom stereocenters. The van der Waals surface area contributed by atoms with E-state index in [1.165, 1.54) is 18.4 Å². The van der Waals surface area contributed by atoms with Gasteiger partial charge in [0.2, 0.25) is 5.91 Å². The highest BCUT2D eigenvalue weighted by Gasteiger charge is 2.10. The first-order valence-corrected chi connectivity index (χ1v) is 7.05. The molecule has 1 aromatic heterocycles. The predicted molar refractivity (Wildman–Crippen MR) is 78.5 cm³/mol. The number of anilines is 1. The number of thiazole rings is 1. The first-order valence-electron chi connectivity index (χ1n) is 5.76. The number of hydrogen-bond donors (Lipinski definition) is 2. The number of aromatic nitrogens is 1. The van der Waals surface area contributed by atoms with Crippen LogP contribution in [0.5, 0.6) is 0 Å². The lowest BCUT2D eigenvalue weighted by molar-refractivity contribution is -0.146. The molecule has 0 aromatic carbocycles. The van der Waals surface area contributed by atoms with Gasteiger partial charge in [0.1, 0.15) is 6.61 Å². The smallest absolute Gasteiger partial charge is 0.306 e. The molecule has 0 saturated heterocycles. The monoisotopic (exact) mass is 317 g/mol. The third-order valence-corrected chi connectivity index (χ3v) is 2.91. The van der Waals surface area contributed by atoms with Gasteiger partial charge in [0.05, 0.1) is 13.0 Å². The minimum absolute atomic E-state index is 0.00455. The summed E-state index contributed by atoms with van der Waals surface area (Å²) in [4.78, 5) is 26.7. The number of nitrogens with zero attached hydrogens (tertiary/aromatic N) is 1. The SMILES string of the molecule is COCCOC(=O)CCC(=O)NC(=S)Nc1nccs1. The van der Waals surface area contributed by atoms with Crippen molar-refractivity contribution in [3.63, 3.8) is 0 Å². The zero-order chi connectivity index (χ0) is 14.8. The lowest BCUT2D eigenvalue weighted by Crippen LogP contribution is -2.34. The number of methoxy groups -OCH3 is 1. The Morgan fingerprint density at radius 3 is 2.85 bits per heavy atom. The number of hydrogen-bond acceptors (Lipinski definition) is 7. The normalized spacial score (nSPS) is 9.85. The topological polar surface area (TPSA) is 89.5 Å². The van der Waals surface area contributed by atoms with Crippen LogP contribution < -0.4 is 10.6 Å². The summed E-state index contributed by atoms with van der Waals surface area (Å²) in [5.41, 5.74) is 0. The van der Waals surface area contributed by atoms with Gasteiger partial charge in [-0.25, -0.2) is 4.98 Å². The van der Waals surface area contributed by atoms with Crippen molar-refractivity contribution in [2.75, 3.05) is 25.6 Å². The average Bonchev–Trinajstić information content (AvgIpc) is 2.89. The Balaban J connectivity index is 2.16. The fraction of sp³-hybridized carbons (Fsp3) is 0.455. The molecule has 0 bridgehead atoms. The minimum Gasteiger partial charge on any atom is -0.463 e. The van der Waals surface area contributed by atoms with Crippen molar-refractivity contribution in [2.45, 2.75) is 12.8 Å². The quantitative estimate of drug-likeness (QED) is 0.439. The molecule has 1 amide bonds. The minimum atomic E-state index is -0.448. The lowest BCUT2D eigenvalue weighted by atomic mass is 10.3. The number of carbonyl (C=O) groups is 2. The highest BCUT2D eigenvalue weighted by Crippen LogP contribution is 2.09. The first kappa shape index (κ1) is 16.5. The van der Waals surface area contributed by atoms with E-state index in [1.807, 2.05) is 0 Å². The lowest BCUT2D eigenvalue weighted by Gasteiger charge is -2.07. The Labute approximate surface area is 125 Å².